The van der Waals surface area contributed by atoms with Crippen LogP contribution in [0.25, 0.3) is 0 Å². The number of morpholine rings is 1. The van der Waals surface area contributed by atoms with Crippen molar-refractivity contribution >= 4 is 17.5 Å². The number of nitrogens with zero attached hydrogens (tertiary/aromatic N) is 1. The monoisotopic (exact) mass is 375 g/mol. The van der Waals surface area contributed by atoms with Crippen LogP contribution in [0.4, 0.5) is 5.69 Å². The Morgan fingerprint density at radius 2 is 1.81 bits per heavy atom. The molecule has 2 atom stereocenters. The van der Waals surface area contributed by atoms with Crippen molar-refractivity contribution < 1.29 is 19.1 Å². The van der Waals surface area contributed by atoms with E-state index >= 15 is 0 Å². The van der Waals surface area contributed by atoms with E-state index in [0.29, 0.717) is 13.0 Å². The van der Waals surface area contributed by atoms with Crippen molar-refractivity contribution in [3.63, 3.8) is 0 Å². The lowest BCUT2D eigenvalue weighted by Gasteiger charge is -2.26. The highest BCUT2D eigenvalue weighted by atomic mass is 16.5. The Balaban J connectivity index is 1.37. The average molecular weight is 375 g/mol. The molecule has 27 heavy (non-hydrogen) atoms. The van der Waals surface area contributed by atoms with E-state index in [0.717, 1.165) is 44.3 Å². The minimum atomic E-state index is -0.236. The SMILES string of the molecule is CC(C)Oc1ccc(NC(=O)C2CC2C(=O)NCCN2CCOCC2)cc1. The number of hydrogen-bond acceptors (Lipinski definition) is 5. The van der Waals surface area contributed by atoms with Gasteiger partial charge in [0.25, 0.3) is 0 Å². The maximum Gasteiger partial charge on any atom is 0.228 e. The topological polar surface area (TPSA) is 79.9 Å². The molecule has 1 saturated heterocycles. The summed E-state index contributed by atoms with van der Waals surface area (Å²) in [6.07, 6.45) is 0.725. The number of ether oxygens (including phenoxy) is 2. The molecule has 0 radical (unpaired) electrons. The molecule has 2 fully saturated rings. The second kappa shape index (κ2) is 9.19. The Labute approximate surface area is 160 Å². The fraction of sp³-hybridized carbons (Fsp3) is 0.600. The molecule has 0 spiro atoms. The van der Waals surface area contributed by atoms with Crippen LogP contribution in [0, 0.1) is 11.8 Å². The third-order valence-corrected chi connectivity index (χ3v) is 4.79. The zero-order valence-electron chi connectivity index (χ0n) is 16.1. The molecule has 3 rings (SSSR count). The fourth-order valence-electron chi connectivity index (χ4n) is 3.19. The molecular weight excluding hydrogens is 346 g/mol. The molecule has 7 nitrogen and oxygen atoms in total. The Morgan fingerprint density at radius 3 is 2.48 bits per heavy atom. The summed E-state index contributed by atoms with van der Waals surface area (Å²) in [7, 11) is 0. The van der Waals surface area contributed by atoms with Gasteiger partial charge in [0.05, 0.1) is 31.2 Å². The van der Waals surface area contributed by atoms with E-state index in [-0.39, 0.29) is 29.8 Å². The van der Waals surface area contributed by atoms with E-state index in [9.17, 15) is 9.59 Å². The number of hydrogen-bond donors (Lipinski definition) is 2. The van der Waals surface area contributed by atoms with Gasteiger partial charge in [-0.05, 0) is 44.5 Å². The van der Waals surface area contributed by atoms with E-state index in [2.05, 4.69) is 15.5 Å². The average Bonchev–Trinajstić information content (AvgIpc) is 3.45. The number of carbonyl (C=O) groups excluding carboxylic acids is 2. The van der Waals surface area contributed by atoms with Crippen molar-refractivity contribution in [3.8, 4) is 5.75 Å². The highest BCUT2D eigenvalue weighted by Gasteiger charge is 2.47. The van der Waals surface area contributed by atoms with Crippen molar-refractivity contribution in [3.05, 3.63) is 24.3 Å². The molecule has 1 saturated carbocycles. The smallest absolute Gasteiger partial charge is 0.228 e. The molecule has 1 aromatic rings. The molecule has 2 N–H and O–H groups in total. The number of carbonyl (C=O) groups is 2. The third kappa shape index (κ3) is 5.94. The first kappa shape index (κ1) is 19.6. The fourth-order valence-corrected chi connectivity index (χ4v) is 3.19. The molecule has 2 aliphatic rings. The summed E-state index contributed by atoms with van der Waals surface area (Å²) in [5.41, 5.74) is 0.717. The summed E-state index contributed by atoms with van der Waals surface area (Å²) >= 11 is 0. The van der Waals surface area contributed by atoms with Gasteiger partial charge in [-0.25, -0.2) is 0 Å². The first-order chi connectivity index (χ1) is 13.0. The van der Waals surface area contributed by atoms with Crippen LogP contribution < -0.4 is 15.4 Å². The first-order valence-electron chi connectivity index (χ1n) is 9.68. The molecule has 1 aromatic carbocycles. The Kier molecular flexibility index (Phi) is 6.68. The Bertz CT molecular complexity index is 641. The van der Waals surface area contributed by atoms with Crippen molar-refractivity contribution in [2.75, 3.05) is 44.7 Å². The van der Waals surface area contributed by atoms with Crippen LogP contribution in [0.2, 0.25) is 0 Å². The van der Waals surface area contributed by atoms with E-state index in [1.165, 1.54) is 0 Å². The summed E-state index contributed by atoms with van der Waals surface area (Å²) in [6.45, 7) is 8.69. The van der Waals surface area contributed by atoms with Crippen molar-refractivity contribution in [1.82, 2.24) is 10.2 Å². The molecule has 1 heterocycles. The van der Waals surface area contributed by atoms with E-state index in [1.54, 1.807) is 0 Å². The van der Waals surface area contributed by atoms with Gasteiger partial charge in [0.15, 0.2) is 0 Å². The second-order valence-corrected chi connectivity index (χ2v) is 7.37. The van der Waals surface area contributed by atoms with Crippen LogP contribution in [0.3, 0.4) is 0 Å². The second-order valence-electron chi connectivity index (χ2n) is 7.37. The summed E-state index contributed by atoms with van der Waals surface area (Å²) < 4.78 is 10.9. The van der Waals surface area contributed by atoms with Crippen molar-refractivity contribution in [2.45, 2.75) is 26.4 Å². The lowest BCUT2D eigenvalue weighted by molar-refractivity contribution is -0.125. The van der Waals surface area contributed by atoms with E-state index in [4.69, 9.17) is 9.47 Å². The Morgan fingerprint density at radius 1 is 1.15 bits per heavy atom. The summed E-state index contributed by atoms with van der Waals surface area (Å²) in [4.78, 5) is 26.8. The van der Waals surface area contributed by atoms with Crippen molar-refractivity contribution in [1.29, 1.82) is 0 Å². The first-order valence-corrected chi connectivity index (χ1v) is 9.68. The van der Waals surface area contributed by atoms with Gasteiger partial charge in [0, 0.05) is 31.9 Å². The van der Waals surface area contributed by atoms with Crippen LogP contribution in [-0.4, -0.2) is 62.2 Å². The van der Waals surface area contributed by atoms with Crippen LogP contribution in [0.1, 0.15) is 20.3 Å². The lowest BCUT2D eigenvalue weighted by Crippen LogP contribution is -2.41. The van der Waals surface area contributed by atoms with Crippen molar-refractivity contribution in [2.24, 2.45) is 11.8 Å². The zero-order chi connectivity index (χ0) is 19.2. The van der Waals surface area contributed by atoms with Gasteiger partial charge >= 0.3 is 0 Å². The molecule has 1 aliphatic heterocycles. The Hall–Kier alpha value is -2.12. The largest absolute Gasteiger partial charge is 0.491 e. The quantitative estimate of drug-likeness (QED) is 0.720. The highest BCUT2D eigenvalue weighted by molar-refractivity contribution is 5.99. The zero-order valence-corrected chi connectivity index (χ0v) is 16.1. The standard InChI is InChI=1S/C20H29N3O4/c1-14(2)27-16-5-3-15(4-6-16)22-20(25)18-13-17(18)19(24)21-7-8-23-9-11-26-12-10-23/h3-6,14,17-18H,7-13H2,1-2H3,(H,21,24)(H,22,25). The molecule has 1 aliphatic carbocycles. The van der Waals surface area contributed by atoms with E-state index < -0.39 is 0 Å². The summed E-state index contributed by atoms with van der Waals surface area (Å²) in [5, 5.41) is 5.83. The minimum absolute atomic E-state index is 0.0240. The van der Waals surface area contributed by atoms with Gasteiger partial charge in [-0.1, -0.05) is 0 Å². The molecule has 7 heteroatoms. The van der Waals surface area contributed by atoms with Gasteiger partial charge < -0.3 is 20.1 Å². The minimum Gasteiger partial charge on any atom is -0.491 e. The normalized spacial score (nSPS) is 22.3. The highest BCUT2D eigenvalue weighted by Crippen LogP contribution is 2.39. The molecular formula is C20H29N3O4. The maximum absolute atomic E-state index is 12.3. The van der Waals surface area contributed by atoms with Gasteiger partial charge in [0.1, 0.15) is 5.75 Å². The number of nitrogens with one attached hydrogen (secondary N) is 2. The van der Waals surface area contributed by atoms with Crippen LogP contribution in [-0.2, 0) is 14.3 Å². The third-order valence-electron chi connectivity index (χ3n) is 4.79. The van der Waals surface area contributed by atoms with Gasteiger partial charge in [-0.3, -0.25) is 14.5 Å². The van der Waals surface area contributed by atoms with Gasteiger partial charge in [-0.15, -0.1) is 0 Å². The summed E-state index contributed by atoms with van der Waals surface area (Å²) in [5.74, 6) is 0.204. The molecule has 2 unspecified atom stereocenters. The predicted molar refractivity (Wildman–Crippen MR) is 103 cm³/mol. The maximum atomic E-state index is 12.3. The van der Waals surface area contributed by atoms with Crippen LogP contribution >= 0.6 is 0 Å². The van der Waals surface area contributed by atoms with E-state index in [1.807, 2.05) is 38.1 Å². The lowest BCUT2D eigenvalue weighted by atomic mass is 10.2. The van der Waals surface area contributed by atoms with Crippen LogP contribution in [0.5, 0.6) is 5.75 Å². The number of benzene rings is 1. The molecule has 148 valence electrons. The van der Waals surface area contributed by atoms with Gasteiger partial charge in [0.2, 0.25) is 11.8 Å². The summed E-state index contributed by atoms with van der Waals surface area (Å²) in [6, 6.07) is 7.29. The molecule has 0 bridgehead atoms. The predicted octanol–water partition coefficient (Wildman–Crippen LogP) is 1.50. The van der Waals surface area contributed by atoms with Gasteiger partial charge in [-0.2, -0.15) is 0 Å². The molecule has 0 aromatic heterocycles. The number of rotatable bonds is 8. The number of anilines is 1. The molecule has 2 amide bonds. The van der Waals surface area contributed by atoms with Crippen LogP contribution in [0.15, 0.2) is 24.3 Å². The number of amides is 2.